The van der Waals surface area contributed by atoms with E-state index in [0.29, 0.717) is 25.7 Å². The molecule has 1 aromatic rings. The van der Waals surface area contributed by atoms with E-state index in [1.807, 2.05) is 0 Å². The smallest absolute Gasteiger partial charge is 0.268 e. The number of nitrogens with two attached hydrogens (primary N) is 1. The van der Waals surface area contributed by atoms with Crippen LogP contribution in [-0.2, 0) is 16.4 Å². The SMILES string of the molecule is CS(=O)(=O)C1CCC(O)(Cn2cnc(C(N)=O)c2)CC1. The van der Waals surface area contributed by atoms with Gasteiger partial charge in [0.05, 0.1) is 23.7 Å². The molecule has 1 saturated carbocycles. The molecule has 2 rings (SSSR count). The quantitative estimate of drug-likeness (QED) is 0.792. The van der Waals surface area contributed by atoms with Gasteiger partial charge in [0.25, 0.3) is 5.91 Å². The van der Waals surface area contributed by atoms with Gasteiger partial charge in [-0.25, -0.2) is 13.4 Å². The van der Waals surface area contributed by atoms with Gasteiger partial charge in [-0.05, 0) is 25.7 Å². The van der Waals surface area contributed by atoms with Gasteiger partial charge in [-0.15, -0.1) is 0 Å². The number of hydrogen-bond acceptors (Lipinski definition) is 5. The average Bonchev–Trinajstić information content (AvgIpc) is 2.76. The zero-order valence-corrected chi connectivity index (χ0v) is 12.1. The van der Waals surface area contributed by atoms with Gasteiger partial charge in [-0.2, -0.15) is 0 Å². The molecule has 1 heterocycles. The van der Waals surface area contributed by atoms with Gasteiger partial charge in [-0.3, -0.25) is 4.79 Å². The van der Waals surface area contributed by atoms with Crippen LogP contribution in [-0.4, -0.2) is 46.1 Å². The Kier molecular flexibility index (Phi) is 3.88. The van der Waals surface area contributed by atoms with Crippen molar-refractivity contribution in [2.24, 2.45) is 5.73 Å². The second-order valence-corrected chi connectivity index (χ2v) is 7.87. The summed E-state index contributed by atoms with van der Waals surface area (Å²) >= 11 is 0. The second kappa shape index (κ2) is 5.17. The van der Waals surface area contributed by atoms with Crippen LogP contribution in [0.4, 0.5) is 0 Å². The van der Waals surface area contributed by atoms with Gasteiger partial charge >= 0.3 is 0 Å². The first-order valence-corrected chi connectivity index (χ1v) is 8.38. The monoisotopic (exact) mass is 301 g/mol. The zero-order valence-electron chi connectivity index (χ0n) is 11.3. The van der Waals surface area contributed by atoms with Crippen molar-refractivity contribution >= 4 is 15.7 Å². The third-order valence-electron chi connectivity index (χ3n) is 3.83. The van der Waals surface area contributed by atoms with E-state index in [-0.39, 0.29) is 17.5 Å². The Morgan fingerprint density at radius 3 is 2.60 bits per heavy atom. The highest BCUT2D eigenvalue weighted by atomic mass is 32.2. The van der Waals surface area contributed by atoms with Crippen LogP contribution in [0.5, 0.6) is 0 Å². The van der Waals surface area contributed by atoms with Crippen molar-refractivity contribution in [2.75, 3.05) is 6.26 Å². The summed E-state index contributed by atoms with van der Waals surface area (Å²) in [4.78, 5) is 14.8. The molecule has 1 aliphatic rings. The van der Waals surface area contributed by atoms with Crippen LogP contribution in [0, 0.1) is 0 Å². The first-order chi connectivity index (χ1) is 9.20. The fourth-order valence-electron chi connectivity index (χ4n) is 2.63. The standard InChI is InChI=1S/C12H19N3O4S/c1-20(18,19)9-2-4-12(17,5-3-9)7-15-6-10(11(13)16)14-8-15/h6,8-9,17H,2-5,7H2,1H3,(H2,13,16). The topological polar surface area (TPSA) is 115 Å². The van der Waals surface area contributed by atoms with E-state index in [2.05, 4.69) is 4.98 Å². The molecule has 1 aliphatic carbocycles. The van der Waals surface area contributed by atoms with Gasteiger partial charge < -0.3 is 15.4 Å². The molecule has 20 heavy (non-hydrogen) atoms. The Hall–Kier alpha value is -1.41. The Morgan fingerprint density at radius 2 is 2.15 bits per heavy atom. The third kappa shape index (κ3) is 3.37. The maximum atomic E-state index is 11.5. The number of imidazole rings is 1. The molecule has 8 heteroatoms. The summed E-state index contributed by atoms with van der Waals surface area (Å²) in [6, 6.07) is 0. The van der Waals surface area contributed by atoms with Gasteiger partial charge in [0.2, 0.25) is 0 Å². The maximum Gasteiger partial charge on any atom is 0.268 e. The predicted octanol–water partition coefficient (Wildman–Crippen LogP) is -0.300. The molecule has 0 unspecified atom stereocenters. The molecule has 3 N–H and O–H groups in total. The lowest BCUT2D eigenvalue weighted by atomic mass is 9.84. The van der Waals surface area contributed by atoms with Crippen molar-refractivity contribution in [1.82, 2.24) is 9.55 Å². The van der Waals surface area contributed by atoms with Crippen molar-refractivity contribution in [2.45, 2.75) is 43.1 Å². The van der Waals surface area contributed by atoms with Crippen LogP contribution >= 0.6 is 0 Å². The van der Waals surface area contributed by atoms with E-state index < -0.39 is 21.3 Å². The number of carbonyl (C=O) groups excluding carboxylic acids is 1. The highest BCUT2D eigenvalue weighted by Crippen LogP contribution is 2.32. The molecule has 1 aromatic heterocycles. The van der Waals surface area contributed by atoms with E-state index >= 15 is 0 Å². The van der Waals surface area contributed by atoms with Crippen molar-refractivity contribution in [3.8, 4) is 0 Å². The van der Waals surface area contributed by atoms with Crippen molar-refractivity contribution in [3.63, 3.8) is 0 Å². The van der Waals surface area contributed by atoms with Crippen molar-refractivity contribution in [1.29, 1.82) is 0 Å². The largest absolute Gasteiger partial charge is 0.388 e. The van der Waals surface area contributed by atoms with Gasteiger partial charge in [0, 0.05) is 12.5 Å². The van der Waals surface area contributed by atoms with E-state index in [4.69, 9.17) is 5.73 Å². The summed E-state index contributed by atoms with van der Waals surface area (Å²) in [6.45, 7) is 0.282. The normalized spacial score (nSPS) is 27.4. The number of primary amides is 1. The molecule has 0 atom stereocenters. The first-order valence-electron chi connectivity index (χ1n) is 6.42. The molecule has 0 saturated heterocycles. The number of nitrogens with zero attached hydrogens (tertiary/aromatic N) is 2. The number of hydrogen-bond donors (Lipinski definition) is 2. The minimum atomic E-state index is -3.05. The summed E-state index contributed by atoms with van der Waals surface area (Å²) in [5.74, 6) is -0.614. The molecule has 0 aromatic carbocycles. The lowest BCUT2D eigenvalue weighted by molar-refractivity contribution is -0.0106. The summed E-state index contributed by atoms with van der Waals surface area (Å²) in [5, 5.41) is 10.1. The molecule has 1 fully saturated rings. The minimum Gasteiger partial charge on any atom is -0.388 e. The van der Waals surface area contributed by atoms with Gasteiger partial charge in [0.15, 0.2) is 0 Å². The van der Waals surface area contributed by atoms with Crippen LogP contribution in [0.3, 0.4) is 0 Å². The Labute approximate surface area is 117 Å². The number of carbonyl (C=O) groups is 1. The number of rotatable bonds is 4. The summed E-state index contributed by atoms with van der Waals surface area (Å²) in [5.41, 5.74) is 4.31. The van der Waals surface area contributed by atoms with Crippen molar-refractivity contribution < 1.29 is 18.3 Å². The molecule has 112 valence electrons. The summed E-state index contributed by atoms with van der Waals surface area (Å²) in [6.07, 6.45) is 5.89. The number of aliphatic hydroxyl groups is 1. The zero-order chi connectivity index (χ0) is 15.0. The van der Waals surface area contributed by atoms with Crippen LogP contribution in [0.25, 0.3) is 0 Å². The molecular weight excluding hydrogens is 282 g/mol. The molecule has 1 amide bonds. The summed E-state index contributed by atoms with van der Waals surface area (Å²) in [7, 11) is -3.05. The average molecular weight is 301 g/mol. The lowest BCUT2D eigenvalue weighted by Crippen LogP contribution is -2.41. The highest BCUT2D eigenvalue weighted by Gasteiger charge is 2.37. The molecular formula is C12H19N3O4S. The first kappa shape index (κ1) is 15.0. The number of sulfone groups is 1. The fraction of sp³-hybridized carbons (Fsp3) is 0.667. The van der Waals surface area contributed by atoms with Gasteiger partial charge in [-0.1, -0.05) is 0 Å². The third-order valence-corrected chi connectivity index (χ3v) is 5.51. The van der Waals surface area contributed by atoms with E-state index in [1.54, 1.807) is 4.57 Å². The molecule has 0 aliphatic heterocycles. The van der Waals surface area contributed by atoms with E-state index in [9.17, 15) is 18.3 Å². The Balaban J connectivity index is 2.01. The molecule has 0 radical (unpaired) electrons. The number of aromatic nitrogens is 2. The van der Waals surface area contributed by atoms with Crippen molar-refractivity contribution in [3.05, 3.63) is 18.2 Å². The van der Waals surface area contributed by atoms with E-state index in [0.717, 1.165) is 0 Å². The Bertz CT molecular complexity index is 600. The highest BCUT2D eigenvalue weighted by molar-refractivity contribution is 7.91. The van der Waals surface area contributed by atoms with Crippen LogP contribution in [0.15, 0.2) is 12.5 Å². The van der Waals surface area contributed by atoms with Crippen LogP contribution in [0.2, 0.25) is 0 Å². The molecule has 7 nitrogen and oxygen atoms in total. The van der Waals surface area contributed by atoms with E-state index in [1.165, 1.54) is 18.8 Å². The predicted molar refractivity (Wildman–Crippen MR) is 72.8 cm³/mol. The molecule has 0 bridgehead atoms. The maximum absolute atomic E-state index is 11.5. The Morgan fingerprint density at radius 1 is 1.55 bits per heavy atom. The summed E-state index contributed by atoms with van der Waals surface area (Å²) < 4.78 is 24.6. The van der Waals surface area contributed by atoms with Gasteiger partial charge in [0.1, 0.15) is 15.5 Å². The fourth-order valence-corrected chi connectivity index (χ4v) is 3.72. The lowest BCUT2D eigenvalue weighted by Gasteiger charge is -2.35. The van der Waals surface area contributed by atoms with Crippen LogP contribution in [0.1, 0.15) is 36.2 Å². The minimum absolute atomic E-state index is 0.151. The van der Waals surface area contributed by atoms with Crippen LogP contribution < -0.4 is 5.73 Å². The molecule has 0 spiro atoms. The number of amides is 1. The second-order valence-electron chi connectivity index (χ2n) is 5.55.